The van der Waals surface area contributed by atoms with Crippen LogP contribution >= 0.6 is 0 Å². The van der Waals surface area contributed by atoms with E-state index >= 15 is 0 Å². The Morgan fingerprint density at radius 2 is 2.11 bits per heavy atom. The number of rotatable bonds is 7. The summed E-state index contributed by atoms with van der Waals surface area (Å²) in [5, 5.41) is 6.82. The Bertz CT molecular complexity index is 504. The lowest BCUT2D eigenvalue weighted by molar-refractivity contribution is 0.352. The normalized spacial score (nSPS) is 13.3. The fourth-order valence-corrected chi connectivity index (χ4v) is 2.30. The molecule has 0 bridgehead atoms. The van der Waals surface area contributed by atoms with Gasteiger partial charge in [-0.15, -0.1) is 0 Å². The van der Waals surface area contributed by atoms with E-state index in [0.717, 1.165) is 30.7 Å². The molecule has 0 fully saturated rings. The molecule has 1 aromatic heterocycles. The predicted molar refractivity (Wildman–Crippen MR) is 80.1 cm³/mol. The minimum Gasteiger partial charge on any atom is -0.345 e. The highest BCUT2D eigenvalue weighted by Gasteiger charge is 2.11. The number of benzene rings is 1. The maximum absolute atomic E-state index is 4.23. The van der Waals surface area contributed by atoms with E-state index in [4.69, 9.17) is 0 Å². The van der Waals surface area contributed by atoms with Gasteiger partial charge in [0, 0.05) is 6.54 Å². The largest absolute Gasteiger partial charge is 0.345 e. The highest BCUT2D eigenvalue weighted by Crippen LogP contribution is 2.12. The molecule has 1 aromatic carbocycles. The summed E-state index contributed by atoms with van der Waals surface area (Å²) in [7, 11) is 2.02. The topological polar surface area (TPSA) is 52.7 Å². The second-order valence-electron chi connectivity index (χ2n) is 5.45. The number of imidazole rings is 1. The van der Waals surface area contributed by atoms with Crippen molar-refractivity contribution in [3.63, 3.8) is 0 Å². The van der Waals surface area contributed by atoms with Gasteiger partial charge in [0.05, 0.1) is 17.4 Å². The van der Waals surface area contributed by atoms with E-state index < -0.39 is 0 Å². The summed E-state index contributed by atoms with van der Waals surface area (Å²) in [6.45, 7) is 7.56. The van der Waals surface area contributed by atoms with Crippen LogP contribution in [0, 0.1) is 11.8 Å². The van der Waals surface area contributed by atoms with Gasteiger partial charge < -0.3 is 15.6 Å². The van der Waals surface area contributed by atoms with Crippen LogP contribution in [0.5, 0.6) is 0 Å². The number of hydrogen-bond donors (Lipinski definition) is 3. The predicted octanol–water partition coefficient (Wildman–Crippen LogP) is 2.14. The van der Waals surface area contributed by atoms with Crippen LogP contribution in [-0.4, -0.2) is 30.1 Å². The molecule has 0 aliphatic carbocycles. The number of H-pyrrole nitrogens is 1. The van der Waals surface area contributed by atoms with Crippen LogP contribution in [0.1, 0.15) is 19.4 Å². The van der Waals surface area contributed by atoms with Gasteiger partial charge in [0.25, 0.3) is 0 Å². The van der Waals surface area contributed by atoms with Gasteiger partial charge in [0.15, 0.2) is 0 Å². The maximum atomic E-state index is 4.23. The first-order chi connectivity index (χ1) is 9.20. The summed E-state index contributed by atoms with van der Waals surface area (Å²) < 4.78 is 0. The molecule has 0 radical (unpaired) electrons. The second kappa shape index (κ2) is 6.68. The zero-order valence-electron chi connectivity index (χ0n) is 12.0. The van der Waals surface area contributed by atoms with Gasteiger partial charge in [-0.05, 0) is 49.7 Å². The minimum atomic E-state index is 0.667. The molecule has 0 aliphatic rings. The summed E-state index contributed by atoms with van der Waals surface area (Å²) in [6.07, 6.45) is 1.74. The quantitative estimate of drug-likeness (QED) is 0.715. The Balaban J connectivity index is 1.87. The van der Waals surface area contributed by atoms with Crippen LogP contribution in [0.3, 0.4) is 0 Å². The van der Waals surface area contributed by atoms with Crippen molar-refractivity contribution < 1.29 is 0 Å². The first-order valence-corrected chi connectivity index (χ1v) is 6.98. The average molecular weight is 260 g/mol. The third kappa shape index (κ3) is 3.78. The monoisotopic (exact) mass is 260 g/mol. The second-order valence-corrected chi connectivity index (χ2v) is 5.45. The Morgan fingerprint density at radius 1 is 1.26 bits per heavy atom. The molecule has 19 heavy (non-hydrogen) atoms. The van der Waals surface area contributed by atoms with Gasteiger partial charge >= 0.3 is 0 Å². The van der Waals surface area contributed by atoms with Gasteiger partial charge in [0.1, 0.15) is 0 Å². The molecule has 3 N–H and O–H groups in total. The van der Waals surface area contributed by atoms with E-state index in [2.05, 4.69) is 52.6 Å². The van der Waals surface area contributed by atoms with Crippen molar-refractivity contribution in [2.45, 2.75) is 20.4 Å². The number of aromatic nitrogens is 2. The van der Waals surface area contributed by atoms with Gasteiger partial charge in [-0.25, -0.2) is 4.98 Å². The van der Waals surface area contributed by atoms with Crippen LogP contribution in [-0.2, 0) is 6.54 Å². The van der Waals surface area contributed by atoms with Crippen molar-refractivity contribution in [1.29, 1.82) is 0 Å². The molecule has 1 atom stereocenters. The maximum Gasteiger partial charge on any atom is 0.0931 e. The van der Waals surface area contributed by atoms with E-state index in [1.54, 1.807) is 6.33 Å². The lowest BCUT2D eigenvalue weighted by atomic mass is 9.96. The molecule has 0 saturated carbocycles. The fraction of sp³-hybridized carbons (Fsp3) is 0.533. The molecule has 1 heterocycles. The van der Waals surface area contributed by atoms with E-state index in [9.17, 15) is 0 Å². The van der Waals surface area contributed by atoms with E-state index in [1.807, 2.05) is 7.05 Å². The van der Waals surface area contributed by atoms with E-state index in [0.29, 0.717) is 11.8 Å². The van der Waals surface area contributed by atoms with Crippen molar-refractivity contribution in [2.24, 2.45) is 11.8 Å². The van der Waals surface area contributed by atoms with Gasteiger partial charge in [-0.3, -0.25) is 0 Å². The Hall–Kier alpha value is -1.39. The molecule has 0 spiro atoms. The molecular weight excluding hydrogens is 236 g/mol. The van der Waals surface area contributed by atoms with Crippen molar-refractivity contribution in [2.75, 3.05) is 20.1 Å². The van der Waals surface area contributed by atoms with E-state index in [1.165, 1.54) is 5.56 Å². The molecule has 0 aliphatic heterocycles. The molecule has 4 heteroatoms. The lowest BCUT2D eigenvalue weighted by Crippen LogP contribution is -2.32. The SMILES string of the molecule is CNCC(CNCc1ccc2nc[nH]c2c1)C(C)C. The van der Waals surface area contributed by atoms with Crippen molar-refractivity contribution in [1.82, 2.24) is 20.6 Å². The summed E-state index contributed by atoms with van der Waals surface area (Å²) >= 11 is 0. The van der Waals surface area contributed by atoms with Gasteiger partial charge in [-0.1, -0.05) is 19.9 Å². The molecule has 0 saturated heterocycles. The molecule has 4 nitrogen and oxygen atoms in total. The zero-order chi connectivity index (χ0) is 13.7. The highest BCUT2D eigenvalue weighted by molar-refractivity contribution is 5.74. The molecule has 104 valence electrons. The Kier molecular flexibility index (Phi) is 4.93. The zero-order valence-corrected chi connectivity index (χ0v) is 12.0. The van der Waals surface area contributed by atoms with Crippen molar-refractivity contribution in [3.05, 3.63) is 30.1 Å². The molecule has 2 rings (SSSR count). The molecular formula is C15H24N4. The van der Waals surface area contributed by atoms with Gasteiger partial charge in [-0.2, -0.15) is 0 Å². The summed E-state index contributed by atoms with van der Waals surface area (Å²) in [5.74, 6) is 1.36. The third-order valence-corrected chi connectivity index (χ3v) is 3.63. The number of fused-ring (bicyclic) bond motifs is 1. The number of nitrogens with zero attached hydrogens (tertiary/aromatic N) is 1. The first-order valence-electron chi connectivity index (χ1n) is 6.98. The number of nitrogens with one attached hydrogen (secondary N) is 3. The van der Waals surface area contributed by atoms with Crippen molar-refractivity contribution >= 4 is 11.0 Å². The lowest BCUT2D eigenvalue weighted by Gasteiger charge is -2.21. The van der Waals surface area contributed by atoms with Crippen LogP contribution in [0.2, 0.25) is 0 Å². The molecule has 2 aromatic rings. The van der Waals surface area contributed by atoms with Crippen LogP contribution < -0.4 is 10.6 Å². The minimum absolute atomic E-state index is 0.667. The van der Waals surface area contributed by atoms with E-state index in [-0.39, 0.29) is 0 Å². The van der Waals surface area contributed by atoms with Gasteiger partial charge in [0.2, 0.25) is 0 Å². The molecule has 0 amide bonds. The Labute approximate surface area is 115 Å². The van der Waals surface area contributed by atoms with Crippen LogP contribution in [0.25, 0.3) is 11.0 Å². The smallest absolute Gasteiger partial charge is 0.0931 e. The van der Waals surface area contributed by atoms with Crippen molar-refractivity contribution in [3.8, 4) is 0 Å². The first kappa shape index (κ1) is 14.0. The summed E-state index contributed by atoms with van der Waals surface area (Å²) in [4.78, 5) is 7.38. The average Bonchev–Trinajstić information content (AvgIpc) is 2.85. The fourth-order valence-electron chi connectivity index (χ4n) is 2.30. The number of hydrogen-bond acceptors (Lipinski definition) is 3. The highest BCUT2D eigenvalue weighted by atomic mass is 14.9. The third-order valence-electron chi connectivity index (χ3n) is 3.63. The standard InChI is InChI=1S/C15H24N4/c1-11(2)13(8-16-3)9-17-7-12-4-5-14-15(6-12)19-10-18-14/h4-6,10-11,13,16-17H,7-9H2,1-3H3,(H,18,19). The van der Waals surface area contributed by atoms with Crippen LogP contribution in [0.15, 0.2) is 24.5 Å². The number of aromatic amines is 1. The summed E-state index contributed by atoms with van der Waals surface area (Å²) in [6, 6.07) is 6.37. The Morgan fingerprint density at radius 3 is 2.84 bits per heavy atom. The van der Waals surface area contributed by atoms with Crippen LogP contribution in [0.4, 0.5) is 0 Å². The molecule has 1 unspecified atom stereocenters. The summed E-state index contributed by atoms with van der Waals surface area (Å²) in [5.41, 5.74) is 3.43.